The third kappa shape index (κ3) is 2.50. The van der Waals surface area contributed by atoms with Gasteiger partial charge in [-0.1, -0.05) is 6.07 Å². The Kier molecular flexibility index (Phi) is 3.50. The predicted octanol–water partition coefficient (Wildman–Crippen LogP) is 2.82. The Hall–Kier alpha value is -3.27. The Morgan fingerprint density at radius 1 is 1.27 bits per heavy atom. The van der Waals surface area contributed by atoms with Crippen molar-refractivity contribution in [1.29, 1.82) is 5.26 Å². The van der Waals surface area contributed by atoms with Crippen LogP contribution in [0.4, 0.5) is 11.4 Å². The Morgan fingerprint density at radius 2 is 2.05 bits per heavy atom. The van der Waals surface area contributed by atoms with E-state index in [1.54, 1.807) is 23.3 Å². The third-order valence-corrected chi connectivity index (χ3v) is 3.39. The van der Waals surface area contributed by atoms with Crippen LogP contribution in [-0.4, -0.2) is 15.6 Å². The van der Waals surface area contributed by atoms with Crippen molar-refractivity contribution in [2.75, 3.05) is 5.01 Å². The number of anilines is 1. The number of aromatic nitrogens is 1. The van der Waals surface area contributed by atoms with Gasteiger partial charge in [0.25, 0.3) is 5.69 Å². The number of pyridine rings is 1. The smallest absolute Gasteiger partial charge is 0.259 e. The summed E-state index contributed by atoms with van der Waals surface area (Å²) in [5, 5.41) is 25.8. The quantitative estimate of drug-likeness (QED) is 0.640. The lowest BCUT2D eigenvalue weighted by molar-refractivity contribution is -0.384. The highest BCUT2D eigenvalue weighted by molar-refractivity contribution is 6.01. The molecule has 108 valence electrons. The minimum Gasteiger partial charge on any atom is -0.259 e. The number of hydrogen-bond donors (Lipinski definition) is 0. The number of nitrogens with zero attached hydrogens (tertiary/aromatic N) is 5. The van der Waals surface area contributed by atoms with Crippen LogP contribution in [0, 0.1) is 21.4 Å². The number of hydrazone groups is 1. The molecule has 0 N–H and O–H groups in total. The Balaban J connectivity index is 1.96. The van der Waals surface area contributed by atoms with Crippen LogP contribution in [0.15, 0.2) is 53.8 Å². The first-order chi connectivity index (χ1) is 10.7. The minimum atomic E-state index is -0.450. The maximum Gasteiger partial charge on any atom is 0.269 e. The van der Waals surface area contributed by atoms with Gasteiger partial charge in [0.1, 0.15) is 17.8 Å². The van der Waals surface area contributed by atoms with Gasteiger partial charge in [0.2, 0.25) is 0 Å². The SMILES string of the molecule is N#CC1=NN(c2ccc([N+](=O)[O-])cc2)C(c2ccccn2)C1. The van der Waals surface area contributed by atoms with Gasteiger partial charge in [0.05, 0.1) is 16.3 Å². The molecule has 1 aromatic carbocycles. The molecule has 2 aromatic rings. The Morgan fingerprint density at radius 3 is 2.64 bits per heavy atom. The fourth-order valence-electron chi connectivity index (χ4n) is 2.35. The molecule has 0 fully saturated rings. The maximum atomic E-state index is 10.7. The van der Waals surface area contributed by atoms with Gasteiger partial charge in [-0.25, -0.2) is 0 Å². The van der Waals surface area contributed by atoms with E-state index in [0.717, 1.165) is 5.69 Å². The van der Waals surface area contributed by atoms with Crippen LogP contribution in [0.5, 0.6) is 0 Å². The lowest BCUT2D eigenvalue weighted by atomic mass is 10.1. The summed E-state index contributed by atoms with van der Waals surface area (Å²) in [6, 6.07) is 13.5. The van der Waals surface area contributed by atoms with Crippen molar-refractivity contribution in [2.24, 2.45) is 5.10 Å². The van der Waals surface area contributed by atoms with Crippen LogP contribution >= 0.6 is 0 Å². The van der Waals surface area contributed by atoms with E-state index in [1.165, 1.54) is 12.1 Å². The average molecular weight is 293 g/mol. The number of nitro benzene ring substituents is 1. The largest absolute Gasteiger partial charge is 0.269 e. The third-order valence-electron chi connectivity index (χ3n) is 3.39. The first kappa shape index (κ1) is 13.7. The van der Waals surface area contributed by atoms with Crippen LogP contribution in [0.2, 0.25) is 0 Å². The zero-order valence-corrected chi connectivity index (χ0v) is 11.5. The average Bonchev–Trinajstić information content (AvgIpc) is 3.00. The highest BCUT2D eigenvalue weighted by Gasteiger charge is 2.30. The van der Waals surface area contributed by atoms with E-state index in [0.29, 0.717) is 17.8 Å². The van der Waals surface area contributed by atoms with Crippen LogP contribution in [0.3, 0.4) is 0 Å². The molecule has 0 bridgehead atoms. The summed E-state index contributed by atoms with van der Waals surface area (Å²) >= 11 is 0. The first-order valence-corrected chi connectivity index (χ1v) is 6.61. The zero-order valence-electron chi connectivity index (χ0n) is 11.5. The molecule has 1 unspecified atom stereocenters. The summed E-state index contributed by atoms with van der Waals surface area (Å²) in [7, 11) is 0. The van der Waals surface area contributed by atoms with E-state index in [1.807, 2.05) is 18.2 Å². The number of nitriles is 1. The van der Waals surface area contributed by atoms with E-state index in [9.17, 15) is 10.1 Å². The fourth-order valence-corrected chi connectivity index (χ4v) is 2.35. The van der Waals surface area contributed by atoms with Gasteiger partial charge in [-0.2, -0.15) is 10.4 Å². The lowest BCUT2D eigenvalue weighted by Crippen LogP contribution is -2.19. The van der Waals surface area contributed by atoms with Crippen LogP contribution < -0.4 is 5.01 Å². The molecule has 3 rings (SSSR count). The molecule has 7 heteroatoms. The summed E-state index contributed by atoms with van der Waals surface area (Å²) in [5.41, 5.74) is 1.91. The second-order valence-corrected chi connectivity index (χ2v) is 4.75. The van der Waals surface area contributed by atoms with Crippen molar-refractivity contribution in [1.82, 2.24) is 4.98 Å². The number of hydrogen-bond acceptors (Lipinski definition) is 6. The van der Waals surface area contributed by atoms with Gasteiger partial charge in [0.15, 0.2) is 0 Å². The summed E-state index contributed by atoms with van der Waals surface area (Å²) in [6.45, 7) is 0. The van der Waals surface area contributed by atoms with E-state index < -0.39 is 4.92 Å². The van der Waals surface area contributed by atoms with Crippen molar-refractivity contribution < 1.29 is 4.92 Å². The van der Waals surface area contributed by atoms with Crippen molar-refractivity contribution in [3.63, 3.8) is 0 Å². The summed E-state index contributed by atoms with van der Waals surface area (Å²) in [6.07, 6.45) is 2.15. The Bertz CT molecular complexity index is 765. The zero-order chi connectivity index (χ0) is 15.5. The molecule has 1 aliphatic rings. The molecular weight excluding hydrogens is 282 g/mol. The molecule has 0 amide bonds. The van der Waals surface area contributed by atoms with Crippen LogP contribution in [0.1, 0.15) is 18.2 Å². The molecule has 1 aromatic heterocycles. The molecule has 0 radical (unpaired) electrons. The minimum absolute atomic E-state index is 0.0156. The first-order valence-electron chi connectivity index (χ1n) is 6.61. The van der Waals surface area contributed by atoms with Crippen molar-refractivity contribution in [3.05, 3.63) is 64.5 Å². The van der Waals surface area contributed by atoms with E-state index in [4.69, 9.17) is 5.26 Å². The molecule has 0 aliphatic carbocycles. The molecule has 0 saturated heterocycles. The second kappa shape index (κ2) is 5.61. The van der Waals surface area contributed by atoms with Gasteiger partial charge < -0.3 is 0 Å². The molecule has 7 nitrogen and oxygen atoms in total. The van der Waals surface area contributed by atoms with E-state index >= 15 is 0 Å². The van der Waals surface area contributed by atoms with Gasteiger partial charge >= 0.3 is 0 Å². The molecule has 0 saturated carbocycles. The second-order valence-electron chi connectivity index (χ2n) is 4.75. The fraction of sp³-hybridized carbons (Fsp3) is 0.133. The molecular formula is C15H11N5O2. The summed E-state index contributed by atoms with van der Waals surface area (Å²) < 4.78 is 0. The highest BCUT2D eigenvalue weighted by Crippen LogP contribution is 2.34. The molecule has 0 spiro atoms. The topological polar surface area (TPSA) is 95.4 Å². The van der Waals surface area contributed by atoms with Gasteiger partial charge in [-0.15, -0.1) is 0 Å². The van der Waals surface area contributed by atoms with Crippen molar-refractivity contribution in [3.8, 4) is 6.07 Å². The maximum absolute atomic E-state index is 10.7. The van der Waals surface area contributed by atoms with Gasteiger partial charge in [0, 0.05) is 24.8 Å². The number of non-ortho nitro benzene ring substituents is 1. The normalized spacial score (nSPS) is 17.0. The lowest BCUT2D eigenvalue weighted by Gasteiger charge is -2.22. The van der Waals surface area contributed by atoms with E-state index in [2.05, 4.69) is 16.2 Å². The molecule has 22 heavy (non-hydrogen) atoms. The van der Waals surface area contributed by atoms with Gasteiger partial charge in [-0.05, 0) is 24.3 Å². The Labute approximate surface area is 126 Å². The van der Waals surface area contributed by atoms with Crippen molar-refractivity contribution in [2.45, 2.75) is 12.5 Å². The number of nitro groups is 1. The predicted molar refractivity (Wildman–Crippen MR) is 80.2 cm³/mol. The van der Waals surface area contributed by atoms with Crippen molar-refractivity contribution >= 4 is 17.1 Å². The molecule has 1 aliphatic heterocycles. The molecule has 2 heterocycles. The van der Waals surface area contributed by atoms with E-state index in [-0.39, 0.29) is 11.7 Å². The van der Waals surface area contributed by atoms with Gasteiger partial charge in [-0.3, -0.25) is 20.1 Å². The standard InChI is InChI=1S/C15H11N5O2/c16-10-11-9-15(14-3-1-2-8-17-14)19(18-11)12-4-6-13(7-5-12)20(21)22/h1-8,15H,9H2. The summed E-state index contributed by atoms with van der Waals surface area (Å²) in [5.74, 6) is 0. The molecule has 1 atom stereocenters. The number of benzene rings is 1. The number of rotatable bonds is 3. The summed E-state index contributed by atoms with van der Waals surface area (Å²) in [4.78, 5) is 14.6. The monoisotopic (exact) mass is 293 g/mol. The van der Waals surface area contributed by atoms with Crippen LogP contribution in [0.25, 0.3) is 0 Å². The van der Waals surface area contributed by atoms with Crippen LogP contribution in [-0.2, 0) is 0 Å². The highest BCUT2D eigenvalue weighted by atomic mass is 16.6.